The summed E-state index contributed by atoms with van der Waals surface area (Å²) in [4.78, 5) is 10.7. The number of hydrogen-bond acceptors (Lipinski definition) is 2. The Hall–Kier alpha value is -1.72. The zero-order chi connectivity index (χ0) is 12.5. The van der Waals surface area contributed by atoms with Gasteiger partial charge in [0.15, 0.2) is 0 Å². The van der Waals surface area contributed by atoms with Crippen LogP contribution >= 0.6 is 0 Å². The average Bonchev–Trinajstić information content (AvgIpc) is 2.15. The third kappa shape index (κ3) is 2.44. The Labute approximate surface area is 89.7 Å². The van der Waals surface area contributed by atoms with Crippen molar-refractivity contribution in [2.24, 2.45) is 0 Å². The van der Waals surface area contributed by atoms with Gasteiger partial charge in [0, 0.05) is 5.69 Å². The van der Waals surface area contributed by atoms with Gasteiger partial charge in [0.2, 0.25) is 0 Å². The smallest absolute Gasteiger partial charge is 0.416 e. The lowest BCUT2D eigenvalue weighted by molar-refractivity contribution is -0.138. The normalized spacial score (nSPS) is 13.5. The second-order valence-electron chi connectivity index (χ2n) is 3.40. The Balaban J connectivity index is 3.15. The molecule has 16 heavy (non-hydrogen) atoms. The molecule has 1 aromatic carbocycles. The number of carboxylic acid groups (broad SMARTS) is 1. The van der Waals surface area contributed by atoms with E-state index in [1.165, 1.54) is 6.92 Å². The Kier molecular flexibility index (Phi) is 3.11. The largest absolute Gasteiger partial charge is 0.481 e. The number of hydrogen-bond donors (Lipinski definition) is 2. The fourth-order valence-corrected chi connectivity index (χ4v) is 1.28. The van der Waals surface area contributed by atoms with Crippen molar-refractivity contribution >= 4 is 11.7 Å². The van der Waals surface area contributed by atoms with Crippen LogP contribution in [0.25, 0.3) is 0 Å². The maximum absolute atomic E-state index is 12.3. The highest BCUT2D eigenvalue weighted by Crippen LogP contribution is 2.33. The second-order valence-corrected chi connectivity index (χ2v) is 3.40. The molecule has 0 amide bonds. The zero-order valence-corrected chi connectivity index (χ0v) is 8.38. The van der Waals surface area contributed by atoms with Crippen molar-refractivity contribution < 1.29 is 23.1 Å². The predicted molar refractivity (Wildman–Crippen MR) is 51.9 cm³/mol. The lowest BCUT2D eigenvalue weighted by Gasteiger charge is -2.13. The van der Waals surface area contributed by atoms with Gasteiger partial charge in [-0.25, -0.2) is 0 Å². The molecule has 0 heterocycles. The number of nitrogens with two attached hydrogens (primary N) is 1. The van der Waals surface area contributed by atoms with E-state index >= 15 is 0 Å². The van der Waals surface area contributed by atoms with Crippen LogP contribution in [-0.2, 0) is 11.0 Å². The van der Waals surface area contributed by atoms with Crippen molar-refractivity contribution in [2.45, 2.75) is 19.0 Å². The van der Waals surface area contributed by atoms with E-state index in [4.69, 9.17) is 10.8 Å². The summed E-state index contributed by atoms with van der Waals surface area (Å²) in [5.74, 6) is -2.06. The molecule has 0 aliphatic heterocycles. The molecule has 1 unspecified atom stereocenters. The van der Waals surface area contributed by atoms with Gasteiger partial charge < -0.3 is 10.8 Å². The first-order valence-electron chi connectivity index (χ1n) is 4.43. The van der Waals surface area contributed by atoms with Gasteiger partial charge in [-0.05, 0) is 24.6 Å². The number of anilines is 1. The van der Waals surface area contributed by atoms with Crippen LogP contribution in [0, 0.1) is 0 Å². The molecular weight excluding hydrogens is 223 g/mol. The number of halogens is 3. The minimum atomic E-state index is -4.47. The molecule has 0 aliphatic rings. The van der Waals surface area contributed by atoms with E-state index in [0.717, 1.165) is 18.2 Å². The quantitative estimate of drug-likeness (QED) is 0.771. The number of nitrogen functional groups attached to an aromatic ring is 1. The van der Waals surface area contributed by atoms with E-state index in [9.17, 15) is 18.0 Å². The monoisotopic (exact) mass is 233 g/mol. The highest BCUT2D eigenvalue weighted by molar-refractivity contribution is 5.78. The van der Waals surface area contributed by atoms with E-state index in [1.807, 2.05) is 0 Å². The van der Waals surface area contributed by atoms with Crippen molar-refractivity contribution in [3.63, 3.8) is 0 Å². The maximum atomic E-state index is 12.3. The Morgan fingerprint density at radius 1 is 1.44 bits per heavy atom. The van der Waals surface area contributed by atoms with Crippen LogP contribution in [0.4, 0.5) is 18.9 Å². The van der Waals surface area contributed by atoms with Crippen molar-refractivity contribution in [1.82, 2.24) is 0 Å². The Morgan fingerprint density at radius 3 is 2.38 bits per heavy atom. The van der Waals surface area contributed by atoms with Crippen LogP contribution in [0.1, 0.15) is 24.0 Å². The van der Waals surface area contributed by atoms with Crippen LogP contribution in [0.15, 0.2) is 18.2 Å². The average molecular weight is 233 g/mol. The maximum Gasteiger partial charge on any atom is 0.416 e. The van der Waals surface area contributed by atoms with Gasteiger partial charge in [-0.1, -0.05) is 6.07 Å². The number of aliphatic carboxylic acids is 1. The molecule has 3 nitrogen and oxygen atoms in total. The fraction of sp³-hybridized carbons (Fsp3) is 0.300. The highest BCUT2D eigenvalue weighted by atomic mass is 19.4. The summed E-state index contributed by atoms with van der Waals surface area (Å²) in [6.07, 6.45) is -4.47. The SMILES string of the molecule is CC(C(=O)O)c1ccc(C(F)(F)F)cc1N. The predicted octanol–water partition coefficient (Wildman–Crippen LogP) is 2.48. The Morgan fingerprint density at radius 2 is 2.00 bits per heavy atom. The first-order chi connectivity index (χ1) is 7.23. The van der Waals surface area contributed by atoms with Gasteiger partial charge >= 0.3 is 12.1 Å². The molecule has 0 radical (unpaired) electrons. The number of alkyl halides is 3. The number of benzene rings is 1. The minimum absolute atomic E-state index is 0.162. The van der Waals surface area contributed by atoms with Crippen LogP contribution < -0.4 is 5.73 Å². The summed E-state index contributed by atoms with van der Waals surface area (Å²) in [6.45, 7) is 1.36. The molecule has 0 spiro atoms. The summed E-state index contributed by atoms with van der Waals surface area (Å²) >= 11 is 0. The molecule has 0 aliphatic carbocycles. The molecule has 0 aromatic heterocycles. The lowest BCUT2D eigenvalue weighted by atomic mass is 9.98. The van der Waals surface area contributed by atoms with E-state index in [0.29, 0.717) is 0 Å². The third-order valence-electron chi connectivity index (χ3n) is 2.25. The van der Waals surface area contributed by atoms with Gasteiger partial charge in [-0.3, -0.25) is 4.79 Å². The van der Waals surface area contributed by atoms with E-state index in [-0.39, 0.29) is 11.3 Å². The molecule has 88 valence electrons. The van der Waals surface area contributed by atoms with Crippen molar-refractivity contribution in [3.8, 4) is 0 Å². The second kappa shape index (κ2) is 4.03. The summed E-state index contributed by atoms with van der Waals surface area (Å²) in [5.41, 5.74) is 4.53. The molecule has 0 saturated heterocycles. The van der Waals surface area contributed by atoms with Gasteiger partial charge in [0.05, 0.1) is 11.5 Å². The van der Waals surface area contributed by atoms with Crippen molar-refractivity contribution in [1.29, 1.82) is 0 Å². The lowest BCUT2D eigenvalue weighted by Crippen LogP contribution is -2.12. The molecule has 1 atom stereocenters. The van der Waals surface area contributed by atoms with E-state index in [1.54, 1.807) is 0 Å². The summed E-state index contributed by atoms with van der Waals surface area (Å²) in [6, 6.07) is 2.66. The van der Waals surface area contributed by atoms with Crippen LogP contribution in [-0.4, -0.2) is 11.1 Å². The Bertz CT molecular complexity index is 415. The van der Waals surface area contributed by atoms with Gasteiger partial charge in [-0.15, -0.1) is 0 Å². The topological polar surface area (TPSA) is 63.3 Å². The number of rotatable bonds is 2. The molecule has 0 saturated carbocycles. The minimum Gasteiger partial charge on any atom is -0.481 e. The van der Waals surface area contributed by atoms with Gasteiger partial charge in [0.25, 0.3) is 0 Å². The van der Waals surface area contributed by atoms with Crippen LogP contribution in [0.2, 0.25) is 0 Å². The molecule has 6 heteroatoms. The standard InChI is InChI=1S/C10H10F3NO2/c1-5(9(15)16)7-3-2-6(4-8(7)14)10(11,12)13/h2-5H,14H2,1H3,(H,15,16). The van der Waals surface area contributed by atoms with E-state index < -0.39 is 23.6 Å². The first-order valence-corrected chi connectivity index (χ1v) is 4.43. The van der Waals surface area contributed by atoms with Gasteiger partial charge in [-0.2, -0.15) is 13.2 Å². The summed E-state index contributed by atoms with van der Waals surface area (Å²) < 4.78 is 36.9. The highest BCUT2D eigenvalue weighted by Gasteiger charge is 2.31. The zero-order valence-electron chi connectivity index (χ0n) is 8.38. The number of carboxylic acids is 1. The summed E-state index contributed by atoms with van der Waals surface area (Å²) in [5, 5.41) is 8.71. The van der Waals surface area contributed by atoms with E-state index in [2.05, 4.69) is 0 Å². The van der Waals surface area contributed by atoms with Crippen molar-refractivity contribution in [3.05, 3.63) is 29.3 Å². The molecular formula is C10H10F3NO2. The summed E-state index contributed by atoms with van der Waals surface area (Å²) in [7, 11) is 0. The molecule has 1 rings (SSSR count). The van der Waals surface area contributed by atoms with Crippen molar-refractivity contribution in [2.75, 3.05) is 5.73 Å². The van der Waals surface area contributed by atoms with Crippen LogP contribution in [0.5, 0.6) is 0 Å². The number of carbonyl (C=O) groups is 1. The third-order valence-corrected chi connectivity index (χ3v) is 2.25. The molecule has 0 fully saturated rings. The molecule has 1 aromatic rings. The van der Waals surface area contributed by atoms with Gasteiger partial charge in [0.1, 0.15) is 0 Å². The molecule has 3 N–H and O–H groups in total. The fourth-order valence-electron chi connectivity index (χ4n) is 1.28. The molecule has 0 bridgehead atoms. The first kappa shape index (κ1) is 12.4. The van der Waals surface area contributed by atoms with Crippen LogP contribution in [0.3, 0.4) is 0 Å².